The molecule has 0 saturated carbocycles. The molecule has 7 nitrogen and oxygen atoms in total. The molecule has 1 amide bonds. The van der Waals surface area contributed by atoms with Crippen LogP contribution in [0.2, 0.25) is 0 Å². The van der Waals surface area contributed by atoms with Gasteiger partial charge in [-0.2, -0.15) is 0 Å². The van der Waals surface area contributed by atoms with Gasteiger partial charge < -0.3 is 15.5 Å². The van der Waals surface area contributed by atoms with Crippen molar-refractivity contribution < 1.29 is 24.6 Å². The van der Waals surface area contributed by atoms with Crippen LogP contribution in [-0.4, -0.2) is 59.1 Å². The third-order valence-electron chi connectivity index (χ3n) is 4.69. The van der Waals surface area contributed by atoms with Crippen LogP contribution in [0, 0.1) is 5.92 Å². The molecule has 1 atom stereocenters. The molecule has 0 aromatic heterocycles. The molecule has 0 heterocycles. The predicted octanol–water partition coefficient (Wildman–Crippen LogP) is 2.75. The molecular formula is C22H34N2O5. The lowest BCUT2D eigenvalue weighted by Crippen LogP contribution is -2.35. The molecule has 0 aliphatic carbocycles. The topological polar surface area (TPSA) is 107 Å². The number of rotatable bonds is 14. The molecule has 3 N–H and O–H groups in total. The Morgan fingerprint density at radius 2 is 1.52 bits per heavy atom. The van der Waals surface area contributed by atoms with Gasteiger partial charge in [-0.3, -0.25) is 19.3 Å². The molecule has 162 valence electrons. The van der Waals surface area contributed by atoms with Crippen LogP contribution in [0.3, 0.4) is 0 Å². The van der Waals surface area contributed by atoms with Crippen LogP contribution in [-0.2, 0) is 20.8 Å². The first kappa shape index (κ1) is 24.6. The summed E-state index contributed by atoms with van der Waals surface area (Å²) in [5.74, 6) is -1.71. The summed E-state index contributed by atoms with van der Waals surface area (Å²) in [6, 6.07) is 8.20. The molecule has 1 aromatic rings. The minimum Gasteiger partial charge on any atom is -0.480 e. The summed E-state index contributed by atoms with van der Waals surface area (Å²) in [6.07, 6.45) is 3.26. The normalized spacial score (nSPS) is 12.2. The van der Waals surface area contributed by atoms with E-state index < -0.39 is 11.9 Å². The zero-order valence-corrected chi connectivity index (χ0v) is 17.7. The molecule has 29 heavy (non-hydrogen) atoms. The zero-order valence-electron chi connectivity index (χ0n) is 17.7. The van der Waals surface area contributed by atoms with E-state index in [4.69, 9.17) is 10.2 Å². The largest absolute Gasteiger partial charge is 0.480 e. The van der Waals surface area contributed by atoms with Crippen molar-refractivity contribution in [3.8, 4) is 0 Å². The Labute approximate surface area is 173 Å². The van der Waals surface area contributed by atoms with E-state index in [9.17, 15) is 14.4 Å². The number of hydrogen-bond donors (Lipinski definition) is 3. The fourth-order valence-corrected chi connectivity index (χ4v) is 3.16. The molecule has 0 aliphatic rings. The summed E-state index contributed by atoms with van der Waals surface area (Å²) in [6.45, 7) is 6.65. The lowest BCUT2D eigenvalue weighted by molar-refractivity contribution is -0.141. The molecule has 0 fully saturated rings. The molecule has 0 saturated heterocycles. The van der Waals surface area contributed by atoms with Gasteiger partial charge in [-0.15, -0.1) is 0 Å². The van der Waals surface area contributed by atoms with Gasteiger partial charge in [0.1, 0.15) is 0 Å². The van der Waals surface area contributed by atoms with E-state index in [1.165, 1.54) is 10.5 Å². The van der Waals surface area contributed by atoms with Crippen LogP contribution in [0.4, 0.5) is 0 Å². The summed E-state index contributed by atoms with van der Waals surface area (Å²) >= 11 is 0. The second kappa shape index (κ2) is 12.9. The highest BCUT2D eigenvalue weighted by Crippen LogP contribution is 2.17. The first-order valence-electron chi connectivity index (χ1n) is 10.2. The zero-order chi connectivity index (χ0) is 21.8. The van der Waals surface area contributed by atoms with Crippen LogP contribution in [0.25, 0.3) is 0 Å². The quantitative estimate of drug-likeness (QED) is 0.410. The average Bonchev–Trinajstić information content (AvgIpc) is 2.62. The number of carbonyl (C=O) groups excluding carboxylic acids is 1. The number of amides is 1. The molecule has 0 radical (unpaired) electrons. The lowest BCUT2D eigenvalue weighted by Gasteiger charge is -2.17. The predicted molar refractivity (Wildman–Crippen MR) is 112 cm³/mol. The van der Waals surface area contributed by atoms with Crippen molar-refractivity contribution in [3.05, 3.63) is 35.4 Å². The first-order valence-corrected chi connectivity index (χ1v) is 10.2. The van der Waals surface area contributed by atoms with Crippen molar-refractivity contribution in [2.45, 2.75) is 52.4 Å². The fourth-order valence-electron chi connectivity index (χ4n) is 3.16. The van der Waals surface area contributed by atoms with Crippen LogP contribution < -0.4 is 5.32 Å². The molecule has 1 rings (SSSR count). The number of carboxylic acid groups (broad SMARTS) is 2. The van der Waals surface area contributed by atoms with Crippen molar-refractivity contribution in [2.75, 3.05) is 26.2 Å². The number of benzene rings is 1. The molecule has 0 spiro atoms. The second-order valence-corrected chi connectivity index (χ2v) is 7.91. The standard InChI is InChI=1S/C22H34N2O5/c1-16(2)13-18-7-9-19(10-8-18)17(3)22(29)23-11-5-4-6-12-24(14-20(25)26)15-21(27)28/h7-10,16-17H,4-6,11-15H2,1-3H3,(H,23,29)(H,25,26)(H,27,28)/t17-/m0/s1. The van der Waals surface area contributed by atoms with E-state index >= 15 is 0 Å². The maximum atomic E-state index is 12.3. The first-order chi connectivity index (χ1) is 13.7. The SMILES string of the molecule is CC(C)Cc1ccc([C@H](C)C(=O)NCCCCCN(CC(=O)O)CC(=O)O)cc1. The number of hydrogen-bond acceptors (Lipinski definition) is 4. The van der Waals surface area contributed by atoms with Gasteiger partial charge in [0.25, 0.3) is 0 Å². The monoisotopic (exact) mass is 406 g/mol. The molecule has 0 bridgehead atoms. The van der Waals surface area contributed by atoms with Gasteiger partial charge in [-0.05, 0) is 49.8 Å². The molecule has 7 heteroatoms. The van der Waals surface area contributed by atoms with E-state index in [1.807, 2.05) is 19.1 Å². The molecular weight excluding hydrogens is 372 g/mol. The van der Waals surface area contributed by atoms with Crippen LogP contribution in [0.5, 0.6) is 0 Å². The summed E-state index contributed by atoms with van der Waals surface area (Å²) in [5.41, 5.74) is 2.27. The summed E-state index contributed by atoms with van der Waals surface area (Å²) in [4.78, 5) is 35.3. The number of unbranched alkanes of at least 4 members (excludes halogenated alkanes) is 2. The smallest absolute Gasteiger partial charge is 0.317 e. The van der Waals surface area contributed by atoms with E-state index in [2.05, 4.69) is 31.3 Å². The van der Waals surface area contributed by atoms with Crippen LogP contribution >= 0.6 is 0 Å². The maximum Gasteiger partial charge on any atom is 0.317 e. The van der Waals surface area contributed by atoms with E-state index in [0.29, 0.717) is 25.4 Å². The Hall–Kier alpha value is -2.41. The summed E-state index contributed by atoms with van der Waals surface area (Å²) in [7, 11) is 0. The highest BCUT2D eigenvalue weighted by molar-refractivity contribution is 5.83. The number of nitrogens with zero attached hydrogens (tertiary/aromatic N) is 1. The van der Waals surface area contributed by atoms with Gasteiger partial charge in [0.2, 0.25) is 5.91 Å². The Morgan fingerprint density at radius 1 is 0.931 bits per heavy atom. The fraction of sp³-hybridized carbons (Fsp3) is 0.591. The Morgan fingerprint density at radius 3 is 2.03 bits per heavy atom. The third-order valence-corrected chi connectivity index (χ3v) is 4.69. The molecule has 0 aliphatic heterocycles. The van der Waals surface area contributed by atoms with Crippen molar-refractivity contribution >= 4 is 17.8 Å². The number of carbonyl (C=O) groups is 3. The van der Waals surface area contributed by atoms with Gasteiger partial charge in [-0.25, -0.2) is 0 Å². The molecule has 0 unspecified atom stereocenters. The van der Waals surface area contributed by atoms with Crippen LogP contribution in [0.15, 0.2) is 24.3 Å². The Balaban J connectivity index is 2.30. The highest BCUT2D eigenvalue weighted by Gasteiger charge is 2.15. The van der Waals surface area contributed by atoms with E-state index in [0.717, 1.165) is 24.8 Å². The number of aliphatic carboxylic acids is 2. The Kier molecular flexibility index (Phi) is 11.0. The maximum absolute atomic E-state index is 12.3. The van der Waals surface area contributed by atoms with Crippen molar-refractivity contribution in [3.63, 3.8) is 0 Å². The third kappa shape index (κ3) is 10.6. The minimum absolute atomic E-state index is 0.0139. The van der Waals surface area contributed by atoms with Gasteiger partial charge in [0.15, 0.2) is 0 Å². The van der Waals surface area contributed by atoms with Gasteiger partial charge in [-0.1, -0.05) is 44.5 Å². The Bertz CT molecular complexity index is 642. The van der Waals surface area contributed by atoms with E-state index in [1.54, 1.807) is 0 Å². The van der Waals surface area contributed by atoms with E-state index in [-0.39, 0.29) is 24.9 Å². The van der Waals surface area contributed by atoms with Crippen molar-refractivity contribution in [2.24, 2.45) is 5.92 Å². The highest BCUT2D eigenvalue weighted by atomic mass is 16.4. The van der Waals surface area contributed by atoms with Crippen molar-refractivity contribution in [1.82, 2.24) is 10.2 Å². The average molecular weight is 407 g/mol. The van der Waals surface area contributed by atoms with Crippen LogP contribution in [0.1, 0.15) is 57.1 Å². The van der Waals surface area contributed by atoms with Gasteiger partial charge in [0, 0.05) is 6.54 Å². The van der Waals surface area contributed by atoms with Crippen molar-refractivity contribution in [1.29, 1.82) is 0 Å². The second-order valence-electron chi connectivity index (χ2n) is 7.91. The number of carboxylic acids is 2. The molecule has 1 aromatic carbocycles. The lowest BCUT2D eigenvalue weighted by atomic mass is 9.96. The minimum atomic E-state index is -1.04. The van der Waals surface area contributed by atoms with Gasteiger partial charge >= 0.3 is 11.9 Å². The summed E-state index contributed by atoms with van der Waals surface area (Å²) in [5, 5.41) is 20.6. The van der Waals surface area contributed by atoms with Gasteiger partial charge in [0.05, 0.1) is 19.0 Å². The number of nitrogens with one attached hydrogen (secondary N) is 1. The summed E-state index contributed by atoms with van der Waals surface area (Å²) < 4.78 is 0.